The summed E-state index contributed by atoms with van der Waals surface area (Å²) < 4.78 is 174. The van der Waals surface area contributed by atoms with Crippen molar-refractivity contribution in [3.8, 4) is 11.5 Å². The van der Waals surface area contributed by atoms with Gasteiger partial charge in [0.05, 0.1) is 29.4 Å². The summed E-state index contributed by atoms with van der Waals surface area (Å²) in [6, 6.07) is 14.7. The van der Waals surface area contributed by atoms with Crippen LogP contribution in [0.5, 0.6) is 11.5 Å². The van der Waals surface area contributed by atoms with Gasteiger partial charge in [0.15, 0.2) is 0 Å². The predicted octanol–water partition coefficient (Wildman–Crippen LogP) is -4.08. The third-order valence-electron chi connectivity index (χ3n) is 14.1. The Morgan fingerprint density at radius 3 is 1.05 bits per heavy atom. The smallest absolute Gasteiger partial charge is 0.870 e. The number of halogens is 4. The molecule has 0 saturated carbocycles. The summed E-state index contributed by atoms with van der Waals surface area (Å²) in [5.41, 5.74) is 5.80. The number of esters is 2. The van der Waals surface area contributed by atoms with E-state index in [0.717, 1.165) is 44.5 Å². The standard InChI is InChI=1S/C33H37N4O12S3.C18H9Cl3O8S3.C7H12ClNO.C4H9NO2.H3N.3Na.H2O/c1-20(2)33(42)34-13-7-16-37-50(43,44)27-18-26(49-21(3)39)22-9-10-24-28(52(47,48)36-15-6-8-30(40)41)19-29(51(45,46)35-14-4-5-17-38)25-12-11-23(27)31(22)32(24)25;1-8(22)29-13-6-14(30(19,23)24)10-4-5-12-16(32(21,27)28)7-15(31(20,25)26)11-3-2-9(13)17(10)18(11)12;1-6(2)7(10)9-5-3-4-8;5-3-1-2-4(6)7;;;;;/h9-12,18-19,35-37H,1,4-8,13-16H2,2-3H3,(H,34,42)(H,40,41);2-7H,1H3;1,3-5H2,2H3,(H,9,10);1-3,5H2,(H,6,7);1H3;;;;1H2/q-1;;;;;3*+1;/p-3. The van der Waals surface area contributed by atoms with Gasteiger partial charge in [-0.15, -0.1) is 11.6 Å². The van der Waals surface area contributed by atoms with Gasteiger partial charge in [-0.1, -0.05) is 56.0 Å². The number of nitrogens with one attached hydrogen (secondary N) is 5. The molecule has 0 aliphatic rings. The maximum absolute atomic E-state index is 13.8. The molecule has 0 aliphatic carbocycles. The van der Waals surface area contributed by atoms with Gasteiger partial charge in [0.1, 0.15) is 11.5 Å². The first kappa shape index (κ1) is 101. The first-order valence-corrected chi connectivity index (χ1v) is 41.5. The van der Waals surface area contributed by atoms with Crippen LogP contribution in [0.15, 0.2) is 126 Å². The van der Waals surface area contributed by atoms with Crippen molar-refractivity contribution in [2.24, 2.45) is 5.73 Å². The van der Waals surface area contributed by atoms with Crippen LogP contribution in [0, 0.1) is 0 Å². The minimum Gasteiger partial charge on any atom is -0.870 e. The number of hydrogen-bond donors (Lipinski definition) is 7. The molecule has 8 aromatic carbocycles. The maximum Gasteiger partial charge on any atom is 1.00 e. The third kappa shape index (κ3) is 27.1. The van der Waals surface area contributed by atoms with E-state index >= 15 is 0 Å². The van der Waals surface area contributed by atoms with Crippen molar-refractivity contribution in [1.82, 2.24) is 31.0 Å². The fourth-order valence-corrected chi connectivity index (χ4v) is 17.2. The number of amides is 2. The summed E-state index contributed by atoms with van der Waals surface area (Å²) >= 11 is 5.39. The van der Waals surface area contributed by atoms with E-state index < -0.39 is 118 Å². The molecule has 8 rings (SSSR count). The van der Waals surface area contributed by atoms with Gasteiger partial charge in [-0.05, 0) is 83.2 Å². The van der Waals surface area contributed by atoms with E-state index in [4.69, 9.17) is 58.9 Å². The zero-order chi connectivity index (χ0) is 75.9. The molecular weight excluding hydrogens is 1630 g/mol. The van der Waals surface area contributed by atoms with E-state index in [2.05, 4.69) is 38.0 Å². The molecule has 106 heavy (non-hydrogen) atoms. The Morgan fingerprint density at radius 2 is 0.736 bits per heavy atom. The summed E-state index contributed by atoms with van der Waals surface area (Å²) in [7, 11) is -10.0. The van der Waals surface area contributed by atoms with E-state index in [-0.39, 0.29) is 251 Å². The number of carboxylic acid groups (broad SMARTS) is 2. The van der Waals surface area contributed by atoms with E-state index in [1.165, 1.54) is 55.5 Å². The molecule has 2 amide bonds. The second-order valence-corrected chi connectivity index (χ2v) is 35.0. The summed E-state index contributed by atoms with van der Waals surface area (Å²) in [6.07, 6.45) is 2.70. The first-order valence-electron chi connectivity index (χ1n) is 29.6. The topological polar surface area (TPSA) is 540 Å². The van der Waals surface area contributed by atoms with E-state index in [1.807, 2.05) is 0 Å². The van der Waals surface area contributed by atoms with Gasteiger partial charge in [-0.2, -0.15) is 6.42 Å². The monoisotopic (exact) mass is 1700 g/mol. The Labute approximate surface area is 696 Å². The normalized spacial score (nSPS) is 11.5. The molecule has 0 bridgehead atoms. The van der Waals surface area contributed by atoms with E-state index in [9.17, 15) is 94.3 Å². The molecule has 0 aromatic heterocycles. The summed E-state index contributed by atoms with van der Waals surface area (Å²) in [4.78, 5) is 74.6. The first-order chi connectivity index (χ1) is 47.0. The Morgan fingerprint density at radius 1 is 0.453 bits per heavy atom. The number of unbranched alkanes of at least 4 members (excludes halogenated alkanes) is 1. The molecule has 44 heteroatoms. The van der Waals surface area contributed by atoms with Crippen molar-refractivity contribution in [2.75, 3.05) is 45.1 Å². The molecule has 0 saturated heterocycles. The van der Waals surface area contributed by atoms with E-state index in [1.54, 1.807) is 13.2 Å². The van der Waals surface area contributed by atoms with Crippen LogP contribution in [0.3, 0.4) is 0 Å². The molecule has 8 aromatic rings. The van der Waals surface area contributed by atoms with Gasteiger partial charge in [-0.25, -0.2) is 64.7 Å². The molecule has 0 atom stereocenters. The van der Waals surface area contributed by atoms with Crippen LogP contribution in [0.1, 0.15) is 79.1 Å². The molecule has 564 valence electrons. The van der Waals surface area contributed by atoms with Gasteiger partial charge in [0.25, 0.3) is 27.2 Å². The Balaban J connectivity index is 0.00000173. The average Bonchev–Trinajstić information content (AvgIpc) is 0.712. The number of ether oxygens (including phenoxy) is 2. The molecule has 31 nitrogen and oxygen atoms in total. The summed E-state index contributed by atoms with van der Waals surface area (Å²) in [5.74, 6) is -4.27. The zero-order valence-electron chi connectivity index (χ0n) is 58.0. The number of rotatable bonds is 31. The number of carboxylic acids is 2. The molecule has 0 aliphatic heterocycles. The van der Waals surface area contributed by atoms with Crippen LogP contribution in [0.25, 0.3) is 64.6 Å². The van der Waals surface area contributed by atoms with Crippen molar-refractivity contribution >= 4 is 207 Å². The number of aliphatic carboxylic acids is 2. The minimum absolute atomic E-state index is 0. The van der Waals surface area contributed by atoms with Crippen LogP contribution in [0.2, 0.25) is 0 Å². The molecule has 0 heterocycles. The Bertz CT molecular complexity index is 5270. The molecule has 0 spiro atoms. The number of nitrogens with two attached hydrogens (primary N) is 1. The van der Waals surface area contributed by atoms with Gasteiger partial charge in [0, 0.05) is 184 Å². The van der Waals surface area contributed by atoms with E-state index in [0.29, 0.717) is 31.0 Å². The Kier molecular flexibility index (Phi) is 42.0. The molecule has 0 radical (unpaired) electrons. The summed E-state index contributed by atoms with van der Waals surface area (Å²) in [6.45, 7) is 13.0. The second-order valence-electron chi connectivity index (χ2n) is 21.8. The van der Waals surface area contributed by atoms with Gasteiger partial charge in [-0.3, -0.25) is 25.5 Å². The molecule has 0 fully saturated rings. The van der Waals surface area contributed by atoms with Crippen molar-refractivity contribution in [2.45, 2.75) is 108 Å². The predicted molar refractivity (Wildman–Crippen MR) is 383 cm³/mol. The third-order valence-corrected chi connectivity index (χ3v) is 23.0. The fourth-order valence-electron chi connectivity index (χ4n) is 9.84. The van der Waals surface area contributed by atoms with Crippen LogP contribution in [-0.2, 0) is 90.8 Å². The Hall–Kier alpha value is -4.57. The molecule has 0 unspecified atom stereocenters. The molecular formula is C62H69Cl4N7Na3O24S6-. The van der Waals surface area contributed by atoms with Crippen molar-refractivity contribution in [3.05, 3.63) is 97.1 Å². The van der Waals surface area contributed by atoms with Crippen molar-refractivity contribution < 1.29 is 198 Å². The number of benzene rings is 8. The number of alkyl halides is 1. The van der Waals surface area contributed by atoms with Crippen LogP contribution in [-0.4, -0.2) is 143 Å². The average molecular weight is 1700 g/mol. The van der Waals surface area contributed by atoms with Crippen LogP contribution >= 0.6 is 43.6 Å². The van der Waals surface area contributed by atoms with Gasteiger partial charge in [0.2, 0.25) is 41.9 Å². The zero-order valence-corrected chi connectivity index (χ0v) is 72.0. The van der Waals surface area contributed by atoms with Gasteiger partial charge < -0.3 is 62.1 Å². The number of carbonyl (C=O) groups excluding carboxylic acids is 7. The van der Waals surface area contributed by atoms with Crippen LogP contribution in [0.4, 0.5) is 0 Å². The van der Waals surface area contributed by atoms with Crippen molar-refractivity contribution in [1.29, 1.82) is 0 Å². The minimum atomic E-state index is -4.55. The SMILES string of the molecule is C=C(C)C(=O)NCCCCl.C=C(C)C(=O)NCCCNS(=O)(=O)c1cc(OC(C)=O)c2ccc3c(S(=O)(=O)NCCCC(=O)[O-])cc(S(=O)(=O)NCCC[C-]=O)c4ccc1c2c43.CC(=O)Oc1cc(S(=O)(=O)Cl)c2ccc3c(S(=O)(=O)Cl)cc(S(=O)(=O)Cl)c4ccc1c2c43.N.NCCCC(=O)[O-].[Na+].[Na+].[Na+].[OH-]. The maximum atomic E-state index is 13.8. The number of carbonyl (C=O) groups is 6. The second kappa shape index (κ2) is 43.9. The van der Waals surface area contributed by atoms with Crippen LogP contribution < -0.4 is 145 Å². The number of sulfonamides is 3. The number of hydrogen-bond acceptors (Lipinski definition) is 26. The summed E-state index contributed by atoms with van der Waals surface area (Å²) in [5, 5.41) is 26.4. The quantitative estimate of drug-likeness (QED) is 0.00250. The largest absolute Gasteiger partial charge is 1.00 e. The van der Waals surface area contributed by atoms with Crippen molar-refractivity contribution in [3.63, 3.8) is 0 Å². The van der Waals surface area contributed by atoms with Gasteiger partial charge >= 0.3 is 101 Å². The fraction of sp³-hybridized carbons (Fsp3) is 0.306. The molecule has 11 N–H and O–H groups in total.